The summed E-state index contributed by atoms with van der Waals surface area (Å²) in [6.07, 6.45) is 1.07. The second kappa shape index (κ2) is 7.88. The fourth-order valence-electron chi connectivity index (χ4n) is 1.60. The minimum absolute atomic E-state index is 0.0796. The van der Waals surface area contributed by atoms with Crippen molar-refractivity contribution >= 4 is 29.3 Å². The molecule has 0 fully saturated rings. The molecule has 7 nitrogen and oxygen atoms in total. The number of carboxylic acid groups (broad SMARTS) is 1. The summed E-state index contributed by atoms with van der Waals surface area (Å²) in [5.74, 6) is -2.41. The van der Waals surface area contributed by atoms with Gasteiger partial charge in [-0.3, -0.25) is 19.2 Å². The number of hydrogen-bond acceptors (Lipinski definition) is 4. The molecule has 1 atom stereocenters. The van der Waals surface area contributed by atoms with Crippen molar-refractivity contribution in [1.29, 1.82) is 0 Å². The molecule has 1 aromatic rings. The van der Waals surface area contributed by atoms with Gasteiger partial charge in [-0.15, -0.1) is 0 Å². The van der Waals surface area contributed by atoms with Crippen molar-refractivity contribution in [1.82, 2.24) is 5.32 Å². The number of benzene rings is 1. The highest BCUT2D eigenvalue weighted by atomic mass is 16.4. The third-order valence-corrected chi connectivity index (χ3v) is 2.98. The van der Waals surface area contributed by atoms with E-state index in [4.69, 9.17) is 5.11 Å². The highest BCUT2D eigenvalue weighted by Crippen LogP contribution is 2.10. The van der Waals surface area contributed by atoms with Crippen LogP contribution in [-0.4, -0.2) is 34.7 Å². The van der Waals surface area contributed by atoms with Gasteiger partial charge in [0.25, 0.3) is 0 Å². The highest BCUT2D eigenvalue weighted by molar-refractivity contribution is 6.06. The fraction of sp³-hybridized carbons (Fsp3) is 0.250. The van der Waals surface area contributed by atoms with Gasteiger partial charge in [0.2, 0.25) is 11.8 Å². The van der Waals surface area contributed by atoms with Gasteiger partial charge < -0.3 is 15.7 Å². The number of hydrogen-bond donors (Lipinski definition) is 3. The van der Waals surface area contributed by atoms with Crippen LogP contribution >= 0.6 is 0 Å². The molecule has 1 rings (SSSR count). The first-order valence-electron chi connectivity index (χ1n) is 6.84. The number of Topliss-reactive ketones (excluding diaryl/α,β-unsaturated/α-hetero) is 1. The first-order chi connectivity index (χ1) is 10.7. The molecule has 2 amide bonds. The molecule has 3 N–H and O–H groups in total. The van der Waals surface area contributed by atoms with Crippen molar-refractivity contribution in [3.8, 4) is 0 Å². The average Bonchev–Trinajstić information content (AvgIpc) is 2.47. The van der Waals surface area contributed by atoms with Crippen LogP contribution in [0.25, 0.3) is 0 Å². The Labute approximate surface area is 133 Å². The van der Waals surface area contributed by atoms with E-state index >= 15 is 0 Å². The SMILES string of the molecule is CC(=O)c1ccc(NC(=O)/C=C(\C)C(=O)NC(C)C(=O)O)cc1. The van der Waals surface area contributed by atoms with Gasteiger partial charge in [0.05, 0.1) is 0 Å². The molecule has 7 heteroatoms. The van der Waals surface area contributed by atoms with Gasteiger partial charge in [0.15, 0.2) is 5.78 Å². The molecule has 122 valence electrons. The molecule has 0 aliphatic carbocycles. The number of nitrogens with one attached hydrogen (secondary N) is 2. The van der Waals surface area contributed by atoms with Crippen LogP contribution in [0.2, 0.25) is 0 Å². The van der Waals surface area contributed by atoms with E-state index < -0.39 is 23.8 Å². The van der Waals surface area contributed by atoms with Crippen molar-refractivity contribution in [2.24, 2.45) is 0 Å². The lowest BCUT2D eigenvalue weighted by Gasteiger charge is -2.09. The zero-order chi connectivity index (χ0) is 17.6. The Hall–Kier alpha value is -2.96. The second-order valence-corrected chi connectivity index (χ2v) is 4.98. The molecule has 0 aromatic heterocycles. The van der Waals surface area contributed by atoms with Crippen molar-refractivity contribution in [3.05, 3.63) is 41.5 Å². The number of carbonyl (C=O) groups is 4. The van der Waals surface area contributed by atoms with Crippen LogP contribution in [0.4, 0.5) is 5.69 Å². The molecule has 0 saturated heterocycles. The summed E-state index contributed by atoms with van der Waals surface area (Å²) < 4.78 is 0. The molecular weight excluding hydrogens is 300 g/mol. The number of amides is 2. The summed E-state index contributed by atoms with van der Waals surface area (Å²) >= 11 is 0. The first kappa shape index (κ1) is 18.1. The van der Waals surface area contributed by atoms with Gasteiger partial charge in [-0.1, -0.05) is 0 Å². The van der Waals surface area contributed by atoms with Gasteiger partial charge >= 0.3 is 5.97 Å². The van der Waals surface area contributed by atoms with Crippen LogP contribution in [0.5, 0.6) is 0 Å². The molecule has 0 spiro atoms. The highest BCUT2D eigenvalue weighted by Gasteiger charge is 2.15. The van der Waals surface area contributed by atoms with E-state index in [2.05, 4.69) is 10.6 Å². The van der Waals surface area contributed by atoms with Crippen LogP contribution in [-0.2, 0) is 14.4 Å². The molecule has 1 unspecified atom stereocenters. The molecule has 23 heavy (non-hydrogen) atoms. The fourth-order valence-corrected chi connectivity index (χ4v) is 1.60. The van der Waals surface area contributed by atoms with Gasteiger partial charge in [-0.05, 0) is 45.0 Å². The topological polar surface area (TPSA) is 113 Å². The molecule has 1 aromatic carbocycles. The van der Waals surface area contributed by atoms with Crippen LogP contribution in [0, 0.1) is 0 Å². The Bertz CT molecular complexity index is 662. The van der Waals surface area contributed by atoms with E-state index in [0.717, 1.165) is 6.08 Å². The van der Waals surface area contributed by atoms with Gasteiger partial charge in [-0.25, -0.2) is 0 Å². The zero-order valence-electron chi connectivity index (χ0n) is 13.0. The number of ketones is 1. The van der Waals surface area contributed by atoms with Gasteiger partial charge in [0, 0.05) is 22.9 Å². The second-order valence-electron chi connectivity index (χ2n) is 4.98. The standard InChI is InChI=1S/C16H18N2O5/c1-9(15(21)17-10(2)16(22)23)8-14(20)18-13-6-4-12(5-7-13)11(3)19/h4-8,10H,1-3H3,(H,17,21)(H,18,20)(H,22,23)/b9-8+. The van der Waals surface area contributed by atoms with Crippen molar-refractivity contribution in [3.63, 3.8) is 0 Å². The van der Waals surface area contributed by atoms with E-state index in [1.165, 1.54) is 20.8 Å². The Balaban J connectivity index is 2.68. The molecule has 0 saturated carbocycles. The van der Waals surface area contributed by atoms with Crippen LogP contribution < -0.4 is 10.6 Å². The summed E-state index contributed by atoms with van der Waals surface area (Å²) in [4.78, 5) is 45.3. The number of carbonyl (C=O) groups excluding carboxylic acids is 3. The quantitative estimate of drug-likeness (QED) is 0.541. The minimum atomic E-state index is -1.17. The first-order valence-corrected chi connectivity index (χ1v) is 6.84. The van der Waals surface area contributed by atoms with Crippen molar-refractivity contribution in [2.75, 3.05) is 5.32 Å². The van der Waals surface area contributed by atoms with Crippen LogP contribution in [0.1, 0.15) is 31.1 Å². The Morgan fingerprint density at radius 3 is 2.13 bits per heavy atom. The van der Waals surface area contributed by atoms with Crippen molar-refractivity contribution in [2.45, 2.75) is 26.8 Å². The maximum Gasteiger partial charge on any atom is 0.325 e. The Morgan fingerprint density at radius 2 is 1.65 bits per heavy atom. The lowest BCUT2D eigenvalue weighted by Crippen LogP contribution is -2.38. The van der Waals surface area contributed by atoms with Gasteiger partial charge in [0.1, 0.15) is 6.04 Å². The molecule has 0 aliphatic heterocycles. The van der Waals surface area contributed by atoms with Crippen LogP contribution in [0.3, 0.4) is 0 Å². The Kier molecular flexibility index (Phi) is 6.20. The summed E-state index contributed by atoms with van der Waals surface area (Å²) in [5.41, 5.74) is 1.08. The van der Waals surface area contributed by atoms with E-state index in [1.807, 2.05) is 0 Å². The number of aliphatic carboxylic acids is 1. The Morgan fingerprint density at radius 1 is 1.09 bits per heavy atom. The maximum atomic E-state index is 11.8. The van der Waals surface area contributed by atoms with E-state index in [9.17, 15) is 19.2 Å². The summed E-state index contributed by atoms with van der Waals surface area (Å²) in [6.45, 7) is 4.17. The summed E-state index contributed by atoms with van der Waals surface area (Å²) in [7, 11) is 0. The molecule has 0 heterocycles. The monoisotopic (exact) mass is 318 g/mol. The largest absolute Gasteiger partial charge is 0.480 e. The number of carboxylic acids is 1. The normalized spacial score (nSPS) is 12.2. The van der Waals surface area contributed by atoms with E-state index in [0.29, 0.717) is 11.3 Å². The van der Waals surface area contributed by atoms with Crippen LogP contribution in [0.15, 0.2) is 35.9 Å². The van der Waals surface area contributed by atoms with Gasteiger partial charge in [-0.2, -0.15) is 0 Å². The molecule has 0 aliphatic rings. The minimum Gasteiger partial charge on any atom is -0.480 e. The van der Waals surface area contributed by atoms with E-state index in [1.54, 1.807) is 24.3 Å². The number of rotatable bonds is 6. The predicted octanol–water partition coefficient (Wildman–Crippen LogP) is 1.36. The van der Waals surface area contributed by atoms with E-state index in [-0.39, 0.29) is 11.4 Å². The summed E-state index contributed by atoms with van der Waals surface area (Å²) in [6, 6.07) is 5.26. The van der Waals surface area contributed by atoms with Crippen molar-refractivity contribution < 1.29 is 24.3 Å². The zero-order valence-corrected chi connectivity index (χ0v) is 13.0. The molecule has 0 radical (unpaired) electrons. The maximum absolute atomic E-state index is 11.8. The third-order valence-electron chi connectivity index (χ3n) is 2.98. The smallest absolute Gasteiger partial charge is 0.325 e. The lowest BCUT2D eigenvalue weighted by molar-refractivity contribution is -0.140. The predicted molar refractivity (Wildman–Crippen MR) is 84.1 cm³/mol. The lowest BCUT2D eigenvalue weighted by atomic mass is 10.1. The average molecular weight is 318 g/mol. The summed E-state index contributed by atoms with van der Waals surface area (Å²) in [5, 5.41) is 13.5. The molecular formula is C16H18N2O5. The third kappa shape index (κ3) is 5.74. The number of anilines is 1. The molecule has 0 bridgehead atoms.